The first-order valence-corrected chi connectivity index (χ1v) is 6.41. The Labute approximate surface area is 112 Å². The summed E-state index contributed by atoms with van der Waals surface area (Å²) in [7, 11) is 0. The van der Waals surface area contributed by atoms with E-state index < -0.39 is 12.0 Å². The largest absolute Gasteiger partial charge is 0.480 e. The Kier molecular flexibility index (Phi) is 4.27. The van der Waals surface area contributed by atoms with Gasteiger partial charge in [0.05, 0.1) is 0 Å². The van der Waals surface area contributed by atoms with Crippen molar-refractivity contribution >= 4 is 5.97 Å². The number of carbonyl (C=O) groups is 1. The predicted molar refractivity (Wildman–Crippen MR) is 70.3 cm³/mol. The van der Waals surface area contributed by atoms with Crippen LogP contribution in [0.3, 0.4) is 0 Å². The van der Waals surface area contributed by atoms with Gasteiger partial charge in [-0.25, -0.2) is 0 Å². The van der Waals surface area contributed by atoms with Gasteiger partial charge in [0.1, 0.15) is 6.04 Å². The first-order chi connectivity index (χ1) is 9.06. The number of benzene rings is 1. The Morgan fingerprint density at radius 1 is 1.37 bits per heavy atom. The van der Waals surface area contributed by atoms with E-state index in [-0.39, 0.29) is 6.79 Å². The molecule has 0 bridgehead atoms. The molecule has 0 aromatic heterocycles. The van der Waals surface area contributed by atoms with Gasteiger partial charge in [0.15, 0.2) is 11.5 Å². The van der Waals surface area contributed by atoms with E-state index >= 15 is 0 Å². The van der Waals surface area contributed by atoms with E-state index in [2.05, 4.69) is 5.32 Å². The minimum atomic E-state index is -0.811. The summed E-state index contributed by atoms with van der Waals surface area (Å²) in [6.45, 7) is 4.77. The van der Waals surface area contributed by atoms with Crippen LogP contribution in [-0.2, 0) is 11.3 Å². The minimum Gasteiger partial charge on any atom is -0.480 e. The third-order valence-electron chi connectivity index (χ3n) is 2.99. The molecule has 1 aromatic rings. The van der Waals surface area contributed by atoms with Crippen molar-refractivity contribution in [2.45, 2.75) is 32.9 Å². The zero-order chi connectivity index (χ0) is 13.8. The predicted octanol–water partition coefficient (Wildman–Crippen LogP) is 2.00. The van der Waals surface area contributed by atoms with Crippen molar-refractivity contribution in [2.75, 3.05) is 6.79 Å². The Hall–Kier alpha value is -1.75. The molecule has 5 heteroatoms. The maximum Gasteiger partial charge on any atom is 0.320 e. The van der Waals surface area contributed by atoms with Gasteiger partial charge in [0.25, 0.3) is 0 Å². The molecule has 2 rings (SSSR count). The molecule has 0 saturated heterocycles. The highest BCUT2D eigenvalue weighted by molar-refractivity contribution is 5.73. The molecule has 1 atom stereocenters. The standard InChI is InChI=1S/C14H19NO4/c1-9(2)5-11(14(16)17)15-7-10-3-4-12-13(6-10)19-8-18-12/h3-4,6,9,11,15H,5,7-8H2,1-2H3,(H,16,17). The fourth-order valence-corrected chi connectivity index (χ4v) is 2.03. The normalized spacial score (nSPS) is 14.7. The number of rotatable bonds is 6. The Morgan fingerprint density at radius 3 is 2.79 bits per heavy atom. The number of hydrogen-bond acceptors (Lipinski definition) is 4. The van der Waals surface area contributed by atoms with E-state index in [9.17, 15) is 4.79 Å². The van der Waals surface area contributed by atoms with Crippen LogP contribution in [0.2, 0.25) is 0 Å². The third kappa shape index (κ3) is 3.61. The average Bonchev–Trinajstić information content (AvgIpc) is 2.80. The average molecular weight is 265 g/mol. The fraction of sp³-hybridized carbons (Fsp3) is 0.500. The van der Waals surface area contributed by atoms with Crippen LogP contribution in [0.25, 0.3) is 0 Å². The molecule has 19 heavy (non-hydrogen) atoms. The summed E-state index contributed by atoms with van der Waals surface area (Å²) in [6.07, 6.45) is 0.611. The van der Waals surface area contributed by atoms with Gasteiger partial charge in [0.2, 0.25) is 6.79 Å². The number of ether oxygens (including phenoxy) is 2. The van der Waals surface area contributed by atoms with Crippen LogP contribution in [0.5, 0.6) is 11.5 Å². The maximum atomic E-state index is 11.1. The topological polar surface area (TPSA) is 67.8 Å². The molecule has 1 aliphatic heterocycles. The summed E-state index contributed by atoms with van der Waals surface area (Å²) in [4.78, 5) is 11.1. The van der Waals surface area contributed by atoms with Crippen LogP contribution in [-0.4, -0.2) is 23.9 Å². The van der Waals surface area contributed by atoms with Crippen LogP contribution in [0.4, 0.5) is 0 Å². The highest BCUT2D eigenvalue weighted by atomic mass is 16.7. The molecular formula is C14H19NO4. The summed E-state index contributed by atoms with van der Waals surface area (Å²) < 4.78 is 10.5. The number of nitrogens with one attached hydrogen (secondary N) is 1. The summed E-state index contributed by atoms with van der Waals surface area (Å²) in [5.74, 6) is 0.982. The first-order valence-electron chi connectivity index (χ1n) is 6.41. The van der Waals surface area contributed by atoms with Gasteiger partial charge in [0, 0.05) is 6.54 Å². The van der Waals surface area contributed by atoms with Crippen molar-refractivity contribution in [2.24, 2.45) is 5.92 Å². The van der Waals surface area contributed by atoms with Crippen molar-refractivity contribution in [3.05, 3.63) is 23.8 Å². The monoisotopic (exact) mass is 265 g/mol. The van der Waals surface area contributed by atoms with Gasteiger partial charge in [-0.05, 0) is 30.0 Å². The Morgan fingerprint density at radius 2 is 2.11 bits per heavy atom. The summed E-state index contributed by atoms with van der Waals surface area (Å²) in [6, 6.07) is 5.11. The van der Waals surface area contributed by atoms with E-state index in [1.165, 1.54) is 0 Å². The van der Waals surface area contributed by atoms with Crippen molar-refractivity contribution in [3.8, 4) is 11.5 Å². The summed E-state index contributed by atoms with van der Waals surface area (Å²) in [5, 5.41) is 12.2. The number of fused-ring (bicyclic) bond motifs is 1. The van der Waals surface area contributed by atoms with Crippen LogP contribution in [0.1, 0.15) is 25.8 Å². The number of hydrogen-bond donors (Lipinski definition) is 2. The van der Waals surface area contributed by atoms with Crippen molar-refractivity contribution in [1.82, 2.24) is 5.32 Å². The maximum absolute atomic E-state index is 11.1. The summed E-state index contributed by atoms with van der Waals surface area (Å²) in [5.41, 5.74) is 0.985. The second kappa shape index (κ2) is 5.93. The Bertz CT molecular complexity index is 459. The van der Waals surface area contributed by atoms with E-state index in [0.717, 1.165) is 17.1 Å². The van der Waals surface area contributed by atoms with E-state index in [0.29, 0.717) is 18.9 Å². The zero-order valence-electron chi connectivity index (χ0n) is 11.2. The molecule has 1 heterocycles. The van der Waals surface area contributed by atoms with Crippen molar-refractivity contribution in [3.63, 3.8) is 0 Å². The lowest BCUT2D eigenvalue weighted by atomic mass is 10.0. The van der Waals surface area contributed by atoms with E-state index in [1.54, 1.807) is 0 Å². The SMILES string of the molecule is CC(C)CC(NCc1ccc2c(c1)OCO2)C(=O)O. The molecule has 1 aliphatic rings. The molecular weight excluding hydrogens is 246 g/mol. The van der Waals surface area contributed by atoms with Gasteiger partial charge >= 0.3 is 5.97 Å². The molecule has 0 radical (unpaired) electrons. The molecule has 104 valence electrons. The molecule has 0 aliphatic carbocycles. The molecule has 0 saturated carbocycles. The van der Waals surface area contributed by atoms with Crippen LogP contribution < -0.4 is 14.8 Å². The van der Waals surface area contributed by atoms with Crippen LogP contribution in [0.15, 0.2) is 18.2 Å². The highest BCUT2D eigenvalue weighted by Crippen LogP contribution is 2.32. The van der Waals surface area contributed by atoms with E-state index in [1.807, 2.05) is 32.0 Å². The van der Waals surface area contributed by atoms with Gasteiger partial charge in [-0.1, -0.05) is 19.9 Å². The summed E-state index contributed by atoms with van der Waals surface area (Å²) >= 11 is 0. The molecule has 0 amide bonds. The smallest absolute Gasteiger partial charge is 0.320 e. The van der Waals surface area contributed by atoms with E-state index in [4.69, 9.17) is 14.6 Å². The Balaban J connectivity index is 1.95. The van der Waals surface area contributed by atoms with Crippen LogP contribution >= 0.6 is 0 Å². The number of carboxylic acid groups (broad SMARTS) is 1. The van der Waals surface area contributed by atoms with Gasteiger partial charge in [-0.2, -0.15) is 0 Å². The second-order valence-corrected chi connectivity index (χ2v) is 5.09. The number of carboxylic acids is 1. The van der Waals surface area contributed by atoms with Crippen LogP contribution in [0, 0.1) is 5.92 Å². The fourth-order valence-electron chi connectivity index (χ4n) is 2.03. The van der Waals surface area contributed by atoms with Gasteiger partial charge in [-0.15, -0.1) is 0 Å². The molecule has 0 fully saturated rings. The van der Waals surface area contributed by atoms with Crippen molar-refractivity contribution in [1.29, 1.82) is 0 Å². The molecule has 1 aromatic carbocycles. The molecule has 5 nitrogen and oxygen atoms in total. The first kappa shape index (κ1) is 13.7. The van der Waals surface area contributed by atoms with Gasteiger partial charge < -0.3 is 19.9 Å². The minimum absolute atomic E-state index is 0.247. The quantitative estimate of drug-likeness (QED) is 0.823. The highest BCUT2D eigenvalue weighted by Gasteiger charge is 2.19. The lowest BCUT2D eigenvalue weighted by Crippen LogP contribution is -2.37. The molecule has 1 unspecified atom stereocenters. The van der Waals surface area contributed by atoms with Crippen molar-refractivity contribution < 1.29 is 19.4 Å². The lowest BCUT2D eigenvalue weighted by molar-refractivity contribution is -0.140. The molecule has 0 spiro atoms. The second-order valence-electron chi connectivity index (χ2n) is 5.09. The molecule has 2 N–H and O–H groups in total. The number of aliphatic carboxylic acids is 1. The lowest BCUT2D eigenvalue weighted by Gasteiger charge is -2.16. The zero-order valence-corrected chi connectivity index (χ0v) is 11.2. The third-order valence-corrected chi connectivity index (χ3v) is 2.99. The van der Waals surface area contributed by atoms with Gasteiger partial charge in [-0.3, -0.25) is 4.79 Å².